The standard InChI is InChI=1S/C19H20FN3O3S/c1-3-27(25,26)22-15-10-8-14(9-11-15)18-12-19(23(21-18)13(2)24)16-6-4-5-7-17(16)20/h4-11,19,22H,3,12H2,1-2H3/t19-/m0/s1. The SMILES string of the molecule is CCS(=O)(=O)Nc1ccc(C2=NN(C(C)=O)[C@H](c3ccccc3F)C2)cc1. The summed E-state index contributed by atoms with van der Waals surface area (Å²) in [5.41, 5.74) is 2.26. The molecule has 0 aliphatic carbocycles. The molecular weight excluding hydrogens is 369 g/mol. The van der Waals surface area contributed by atoms with Gasteiger partial charge in [0.2, 0.25) is 15.9 Å². The zero-order chi connectivity index (χ0) is 19.6. The van der Waals surface area contributed by atoms with Crippen molar-refractivity contribution in [3.8, 4) is 0 Å². The largest absolute Gasteiger partial charge is 0.284 e. The van der Waals surface area contributed by atoms with Gasteiger partial charge in [-0.3, -0.25) is 9.52 Å². The Balaban J connectivity index is 1.86. The van der Waals surface area contributed by atoms with Crippen LogP contribution in [0.15, 0.2) is 53.6 Å². The van der Waals surface area contributed by atoms with Crippen LogP contribution in [-0.2, 0) is 14.8 Å². The van der Waals surface area contributed by atoms with Crippen LogP contribution in [0.3, 0.4) is 0 Å². The molecule has 0 spiro atoms. The van der Waals surface area contributed by atoms with Crippen molar-refractivity contribution < 1.29 is 17.6 Å². The Morgan fingerprint density at radius 1 is 1.22 bits per heavy atom. The maximum atomic E-state index is 14.2. The summed E-state index contributed by atoms with van der Waals surface area (Å²) in [7, 11) is -3.35. The van der Waals surface area contributed by atoms with Crippen LogP contribution in [0.5, 0.6) is 0 Å². The molecule has 1 amide bonds. The first-order valence-corrected chi connectivity index (χ1v) is 10.2. The topological polar surface area (TPSA) is 78.8 Å². The first-order valence-electron chi connectivity index (χ1n) is 8.53. The van der Waals surface area contributed by atoms with Gasteiger partial charge in [0.25, 0.3) is 0 Å². The minimum atomic E-state index is -3.35. The van der Waals surface area contributed by atoms with Crippen LogP contribution in [0.25, 0.3) is 0 Å². The smallest absolute Gasteiger partial charge is 0.240 e. The van der Waals surface area contributed by atoms with Gasteiger partial charge >= 0.3 is 0 Å². The van der Waals surface area contributed by atoms with E-state index in [1.165, 1.54) is 18.0 Å². The molecule has 3 rings (SSSR count). The van der Waals surface area contributed by atoms with E-state index in [-0.39, 0.29) is 17.5 Å². The molecular formula is C19H20FN3O3S. The van der Waals surface area contributed by atoms with Gasteiger partial charge in [-0.05, 0) is 30.7 Å². The predicted molar refractivity (Wildman–Crippen MR) is 102 cm³/mol. The van der Waals surface area contributed by atoms with Gasteiger partial charge in [-0.15, -0.1) is 0 Å². The lowest BCUT2D eigenvalue weighted by Gasteiger charge is -2.20. The molecule has 2 aromatic carbocycles. The Bertz CT molecular complexity index is 988. The molecule has 8 heteroatoms. The molecule has 1 aliphatic heterocycles. The maximum Gasteiger partial charge on any atom is 0.240 e. The zero-order valence-electron chi connectivity index (χ0n) is 15.0. The molecule has 1 N–H and O–H groups in total. The Morgan fingerprint density at radius 3 is 2.48 bits per heavy atom. The molecule has 0 fully saturated rings. The van der Waals surface area contributed by atoms with E-state index >= 15 is 0 Å². The van der Waals surface area contributed by atoms with Crippen LogP contribution in [0, 0.1) is 5.82 Å². The third-order valence-electron chi connectivity index (χ3n) is 4.37. The Labute approximate surface area is 157 Å². The molecule has 6 nitrogen and oxygen atoms in total. The minimum Gasteiger partial charge on any atom is -0.284 e. The van der Waals surface area contributed by atoms with Gasteiger partial charge < -0.3 is 0 Å². The predicted octanol–water partition coefficient (Wildman–Crippen LogP) is 3.28. The Hall–Kier alpha value is -2.74. The van der Waals surface area contributed by atoms with Gasteiger partial charge in [0.05, 0.1) is 17.5 Å². The van der Waals surface area contributed by atoms with Crippen LogP contribution in [-0.4, -0.2) is 30.8 Å². The summed E-state index contributed by atoms with van der Waals surface area (Å²) in [6.07, 6.45) is 0.376. The summed E-state index contributed by atoms with van der Waals surface area (Å²) in [6, 6.07) is 12.6. The molecule has 1 heterocycles. The number of carbonyl (C=O) groups excluding carboxylic acids is 1. The quantitative estimate of drug-likeness (QED) is 0.852. The molecule has 2 aromatic rings. The third-order valence-corrected chi connectivity index (χ3v) is 5.68. The average molecular weight is 389 g/mol. The van der Waals surface area contributed by atoms with E-state index in [1.54, 1.807) is 49.4 Å². The normalized spacial score (nSPS) is 16.9. The van der Waals surface area contributed by atoms with Crippen LogP contribution >= 0.6 is 0 Å². The second-order valence-corrected chi connectivity index (χ2v) is 8.25. The molecule has 0 unspecified atom stereocenters. The van der Waals surface area contributed by atoms with Crippen molar-refractivity contribution in [3.05, 3.63) is 65.5 Å². The monoisotopic (exact) mass is 389 g/mol. The van der Waals surface area contributed by atoms with E-state index < -0.39 is 16.1 Å². The van der Waals surface area contributed by atoms with Crippen molar-refractivity contribution in [2.75, 3.05) is 10.5 Å². The van der Waals surface area contributed by atoms with Gasteiger partial charge in [0.15, 0.2) is 0 Å². The van der Waals surface area contributed by atoms with E-state index in [2.05, 4.69) is 9.82 Å². The van der Waals surface area contributed by atoms with Crippen LogP contribution < -0.4 is 4.72 Å². The molecule has 27 heavy (non-hydrogen) atoms. The highest BCUT2D eigenvalue weighted by molar-refractivity contribution is 7.92. The lowest BCUT2D eigenvalue weighted by atomic mass is 9.98. The average Bonchev–Trinajstić information content (AvgIpc) is 3.08. The number of nitrogens with one attached hydrogen (secondary N) is 1. The van der Waals surface area contributed by atoms with Crippen LogP contribution in [0.1, 0.15) is 37.4 Å². The Kier molecular flexibility index (Phi) is 5.27. The van der Waals surface area contributed by atoms with E-state index in [9.17, 15) is 17.6 Å². The number of rotatable bonds is 5. The number of hydrazone groups is 1. The summed E-state index contributed by atoms with van der Waals surface area (Å²) in [5.74, 6) is -0.667. The van der Waals surface area contributed by atoms with Crippen molar-refractivity contribution >= 4 is 27.3 Å². The zero-order valence-corrected chi connectivity index (χ0v) is 15.8. The molecule has 1 aliphatic rings. The summed E-state index contributed by atoms with van der Waals surface area (Å²) in [5, 5.41) is 5.67. The number of halogens is 1. The molecule has 0 saturated heterocycles. The summed E-state index contributed by atoms with van der Waals surface area (Å²) >= 11 is 0. The second kappa shape index (κ2) is 7.48. The number of carbonyl (C=O) groups is 1. The summed E-state index contributed by atoms with van der Waals surface area (Å²) in [4.78, 5) is 12.0. The number of amides is 1. The highest BCUT2D eigenvalue weighted by atomic mass is 32.2. The van der Waals surface area contributed by atoms with Crippen molar-refractivity contribution in [1.82, 2.24) is 5.01 Å². The number of sulfonamides is 1. The number of benzene rings is 2. The molecule has 0 saturated carbocycles. The molecule has 0 aromatic heterocycles. The number of hydrogen-bond donors (Lipinski definition) is 1. The van der Waals surface area contributed by atoms with Crippen molar-refractivity contribution in [3.63, 3.8) is 0 Å². The Morgan fingerprint density at radius 2 is 1.89 bits per heavy atom. The summed E-state index contributed by atoms with van der Waals surface area (Å²) < 4.78 is 40.0. The molecule has 142 valence electrons. The van der Waals surface area contributed by atoms with Crippen molar-refractivity contribution in [2.24, 2.45) is 5.10 Å². The lowest BCUT2D eigenvalue weighted by molar-refractivity contribution is -0.130. The third kappa shape index (κ3) is 4.16. The minimum absolute atomic E-state index is 0.0145. The fourth-order valence-electron chi connectivity index (χ4n) is 2.95. The second-order valence-electron chi connectivity index (χ2n) is 6.23. The fourth-order valence-corrected chi connectivity index (χ4v) is 3.58. The van der Waals surface area contributed by atoms with E-state index in [1.807, 2.05) is 0 Å². The van der Waals surface area contributed by atoms with Gasteiger partial charge in [0, 0.05) is 24.6 Å². The first kappa shape index (κ1) is 19.0. The summed E-state index contributed by atoms with van der Waals surface area (Å²) in [6.45, 7) is 2.95. The fraction of sp³-hybridized carbons (Fsp3) is 0.263. The van der Waals surface area contributed by atoms with E-state index in [0.717, 1.165) is 5.56 Å². The van der Waals surface area contributed by atoms with Gasteiger partial charge in [-0.2, -0.15) is 5.10 Å². The van der Waals surface area contributed by atoms with Gasteiger partial charge in [-0.25, -0.2) is 17.8 Å². The van der Waals surface area contributed by atoms with Gasteiger partial charge in [0.1, 0.15) is 5.82 Å². The van der Waals surface area contributed by atoms with Crippen molar-refractivity contribution in [2.45, 2.75) is 26.3 Å². The van der Waals surface area contributed by atoms with Crippen LogP contribution in [0.2, 0.25) is 0 Å². The van der Waals surface area contributed by atoms with Crippen molar-refractivity contribution in [1.29, 1.82) is 0 Å². The maximum absolute atomic E-state index is 14.2. The lowest BCUT2D eigenvalue weighted by Crippen LogP contribution is -2.25. The highest BCUT2D eigenvalue weighted by Gasteiger charge is 2.32. The van der Waals surface area contributed by atoms with Gasteiger partial charge in [-0.1, -0.05) is 30.3 Å². The highest BCUT2D eigenvalue weighted by Crippen LogP contribution is 2.34. The molecule has 1 atom stereocenters. The molecule has 0 radical (unpaired) electrons. The molecule has 0 bridgehead atoms. The first-order chi connectivity index (χ1) is 12.8. The van der Waals surface area contributed by atoms with E-state index in [4.69, 9.17) is 0 Å². The van der Waals surface area contributed by atoms with Crippen LogP contribution in [0.4, 0.5) is 10.1 Å². The van der Waals surface area contributed by atoms with E-state index in [0.29, 0.717) is 23.4 Å². The number of anilines is 1. The number of nitrogens with zero attached hydrogens (tertiary/aromatic N) is 2. The number of hydrogen-bond acceptors (Lipinski definition) is 4.